The SMILES string of the molecule is NC/C=C/c1cccc(F)c1OCC1CC1. The molecule has 0 aromatic heterocycles. The molecule has 1 aliphatic carbocycles. The van der Waals surface area contributed by atoms with Gasteiger partial charge in [0.25, 0.3) is 0 Å². The maximum atomic E-state index is 13.6. The number of para-hydroxylation sites is 1. The van der Waals surface area contributed by atoms with Gasteiger partial charge >= 0.3 is 0 Å². The maximum Gasteiger partial charge on any atom is 0.165 e. The van der Waals surface area contributed by atoms with Crippen molar-refractivity contribution in [3.05, 3.63) is 35.7 Å². The van der Waals surface area contributed by atoms with Gasteiger partial charge in [0.1, 0.15) is 0 Å². The van der Waals surface area contributed by atoms with Crippen LogP contribution in [0.5, 0.6) is 5.75 Å². The van der Waals surface area contributed by atoms with E-state index in [1.807, 2.05) is 6.07 Å². The van der Waals surface area contributed by atoms with Crippen molar-refractivity contribution in [2.75, 3.05) is 13.2 Å². The number of benzene rings is 1. The predicted octanol–water partition coefficient (Wildman–Crippen LogP) is 2.59. The molecule has 1 aromatic carbocycles. The van der Waals surface area contributed by atoms with E-state index in [0.717, 1.165) is 5.56 Å². The summed E-state index contributed by atoms with van der Waals surface area (Å²) in [5.74, 6) is 0.657. The summed E-state index contributed by atoms with van der Waals surface area (Å²) < 4.78 is 19.1. The molecule has 0 heterocycles. The Balaban J connectivity index is 2.13. The largest absolute Gasteiger partial charge is 0.490 e. The van der Waals surface area contributed by atoms with E-state index in [-0.39, 0.29) is 5.82 Å². The zero-order chi connectivity index (χ0) is 11.4. The third-order valence-electron chi connectivity index (χ3n) is 2.59. The molecule has 1 saturated carbocycles. The molecule has 16 heavy (non-hydrogen) atoms. The molecule has 2 N–H and O–H groups in total. The summed E-state index contributed by atoms with van der Waals surface area (Å²) in [6.07, 6.45) is 5.98. The molecule has 86 valence electrons. The molecular weight excluding hydrogens is 205 g/mol. The van der Waals surface area contributed by atoms with Crippen molar-refractivity contribution in [2.24, 2.45) is 11.7 Å². The third kappa shape index (κ3) is 2.83. The monoisotopic (exact) mass is 221 g/mol. The van der Waals surface area contributed by atoms with E-state index in [1.165, 1.54) is 18.9 Å². The van der Waals surface area contributed by atoms with Gasteiger partial charge in [-0.25, -0.2) is 4.39 Å². The average Bonchev–Trinajstić information content (AvgIpc) is 3.09. The molecule has 0 radical (unpaired) electrons. The predicted molar refractivity (Wildman–Crippen MR) is 62.7 cm³/mol. The Morgan fingerprint density at radius 2 is 2.25 bits per heavy atom. The van der Waals surface area contributed by atoms with Crippen molar-refractivity contribution in [1.29, 1.82) is 0 Å². The number of ether oxygens (including phenoxy) is 1. The first-order chi connectivity index (χ1) is 7.81. The Bertz CT molecular complexity index is 386. The van der Waals surface area contributed by atoms with E-state index in [4.69, 9.17) is 10.5 Å². The van der Waals surface area contributed by atoms with Crippen LogP contribution in [-0.2, 0) is 0 Å². The molecule has 0 amide bonds. The van der Waals surface area contributed by atoms with Crippen molar-refractivity contribution in [1.82, 2.24) is 0 Å². The highest BCUT2D eigenvalue weighted by molar-refractivity contribution is 5.57. The van der Waals surface area contributed by atoms with Crippen LogP contribution in [0, 0.1) is 11.7 Å². The van der Waals surface area contributed by atoms with E-state index in [9.17, 15) is 4.39 Å². The van der Waals surface area contributed by atoms with Crippen LogP contribution in [0.25, 0.3) is 6.08 Å². The van der Waals surface area contributed by atoms with Crippen molar-refractivity contribution < 1.29 is 9.13 Å². The van der Waals surface area contributed by atoms with Gasteiger partial charge in [-0.3, -0.25) is 0 Å². The molecular formula is C13H16FNO. The van der Waals surface area contributed by atoms with Crippen LogP contribution in [0.15, 0.2) is 24.3 Å². The molecule has 0 saturated heterocycles. The third-order valence-corrected chi connectivity index (χ3v) is 2.59. The molecule has 1 fully saturated rings. The highest BCUT2D eigenvalue weighted by atomic mass is 19.1. The fraction of sp³-hybridized carbons (Fsp3) is 0.385. The quantitative estimate of drug-likeness (QED) is 0.829. The number of hydrogen-bond acceptors (Lipinski definition) is 2. The zero-order valence-corrected chi connectivity index (χ0v) is 9.16. The van der Waals surface area contributed by atoms with Gasteiger partial charge in [0.2, 0.25) is 0 Å². The van der Waals surface area contributed by atoms with Crippen molar-refractivity contribution in [3.63, 3.8) is 0 Å². The summed E-state index contributed by atoms with van der Waals surface area (Å²) >= 11 is 0. The van der Waals surface area contributed by atoms with Gasteiger partial charge in [-0.1, -0.05) is 24.3 Å². The fourth-order valence-electron chi connectivity index (χ4n) is 1.49. The first-order valence-electron chi connectivity index (χ1n) is 5.59. The number of halogens is 1. The molecule has 1 aromatic rings. The van der Waals surface area contributed by atoms with E-state index in [0.29, 0.717) is 24.8 Å². The van der Waals surface area contributed by atoms with Gasteiger partial charge in [-0.2, -0.15) is 0 Å². The average molecular weight is 221 g/mol. The summed E-state index contributed by atoms with van der Waals surface area (Å²) in [7, 11) is 0. The van der Waals surface area contributed by atoms with Crippen molar-refractivity contribution in [3.8, 4) is 5.75 Å². The second-order valence-corrected chi connectivity index (χ2v) is 4.05. The molecule has 0 spiro atoms. The van der Waals surface area contributed by atoms with Gasteiger partial charge in [0, 0.05) is 12.1 Å². The molecule has 1 aliphatic rings. The smallest absolute Gasteiger partial charge is 0.165 e. The topological polar surface area (TPSA) is 35.2 Å². The lowest BCUT2D eigenvalue weighted by Crippen LogP contribution is -2.02. The Morgan fingerprint density at radius 1 is 1.44 bits per heavy atom. The molecule has 0 unspecified atom stereocenters. The summed E-state index contributed by atoms with van der Waals surface area (Å²) in [4.78, 5) is 0. The lowest BCUT2D eigenvalue weighted by Gasteiger charge is -2.09. The van der Waals surface area contributed by atoms with E-state index in [2.05, 4.69) is 0 Å². The maximum absolute atomic E-state index is 13.6. The van der Waals surface area contributed by atoms with Crippen molar-refractivity contribution >= 4 is 6.08 Å². The van der Waals surface area contributed by atoms with Crippen LogP contribution in [0.3, 0.4) is 0 Å². The van der Waals surface area contributed by atoms with Gasteiger partial charge in [-0.05, 0) is 24.8 Å². The van der Waals surface area contributed by atoms with Crippen LogP contribution >= 0.6 is 0 Å². The summed E-state index contributed by atoms with van der Waals surface area (Å²) in [5.41, 5.74) is 6.13. The van der Waals surface area contributed by atoms with Gasteiger partial charge < -0.3 is 10.5 Å². The second kappa shape index (κ2) is 5.12. The van der Waals surface area contributed by atoms with E-state index >= 15 is 0 Å². The van der Waals surface area contributed by atoms with Crippen LogP contribution in [-0.4, -0.2) is 13.2 Å². The highest BCUT2D eigenvalue weighted by Gasteiger charge is 2.22. The summed E-state index contributed by atoms with van der Waals surface area (Å²) in [6, 6.07) is 4.93. The lowest BCUT2D eigenvalue weighted by atomic mass is 10.2. The fourth-order valence-corrected chi connectivity index (χ4v) is 1.49. The Labute approximate surface area is 94.9 Å². The Hall–Kier alpha value is -1.35. The van der Waals surface area contributed by atoms with Gasteiger partial charge in [0.15, 0.2) is 11.6 Å². The van der Waals surface area contributed by atoms with E-state index < -0.39 is 0 Å². The minimum absolute atomic E-state index is 0.306. The molecule has 2 nitrogen and oxygen atoms in total. The zero-order valence-electron chi connectivity index (χ0n) is 9.16. The standard InChI is InChI=1S/C13H16FNO/c14-12-5-1-3-11(4-2-8-15)13(12)16-9-10-6-7-10/h1-5,10H,6-9,15H2/b4-2+. The first kappa shape index (κ1) is 11.1. The van der Waals surface area contributed by atoms with Crippen LogP contribution < -0.4 is 10.5 Å². The van der Waals surface area contributed by atoms with Gasteiger partial charge in [0.05, 0.1) is 6.61 Å². The number of nitrogens with two attached hydrogens (primary N) is 1. The van der Waals surface area contributed by atoms with Gasteiger partial charge in [-0.15, -0.1) is 0 Å². The second-order valence-electron chi connectivity index (χ2n) is 4.05. The highest BCUT2D eigenvalue weighted by Crippen LogP contribution is 2.31. The van der Waals surface area contributed by atoms with Crippen molar-refractivity contribution in [2.45, 2.75) is 12.8 Å². The molecule has 0 bridgehead atoms. The first-order valence-corrected chi connectivity index (χ1v) is 5.59. The Kier molecular flexibility index (Phi) is 3.57. The normalized spacial score (nSPS) is 15.6. The number of rotatable bonds is 5. The molecule has 3 heteroatoms. The van der Waals surface area contributed by atoms with Crippen LogP contribution in [0.1, 0.15) is 18.4 Å². The number of hydrogen-bond donors (Lipinski definition) is 1. The molecule has 0 atom stereocenters. The Morgan fingerprint density at radius 3 is 2.94 bits per heavy atom. The lowest BCUT2D eigenvalue weighted by molar-refractivity contribution is 0.284. The minimum atomic E-state index is -0.306. The minimum Gasteiger partial charge on any atom is -0.490 e. The van der Waals surface area contributed by atoms with Crippen LogP contribution in [0.4, 0.5) is 4.39 Å². The summed E-state index contributed by atoms with van der Waals surface area (Å²) in [6.45, 7) is 1.06. The molecule has 0 aliphatic heterocycles. The molecule has 2 rings (SSSR count). The summed E-state index contributed by atoms with van der Waals surface area (Å²) in [5, 5.41) is 0. The van der Waals surface area contributed by atoms with E-state index in [1.54, 1.807) is 18.2 Å². The van der Waals surface area contributed by atoms with Crippen LogP contribution in [0.2, 0.25) is 0 Å².